The second kappa shape index (κ2) is 27.4. The largest absolute Gasteiger partial charge is 4.00 e. The van der Waals surface area contributed by atoms with Gasteiger partial charge in [-0.2, -0.15) is 0 Å². The molecule has 28 nitrogen and oxygen atoms in total. The van der Waals surface area contributed by atoms with Crippen molar-refractivity contribution in [3.63, 3.8) is 0 Å². The van der Waals surface area contributed by atoms with Crippen LogP contribution in [0.25, 0.3) is 0 Å². The van der Waals surface area contributed by atoms with Crippen molar-refractivity contribution >= 4 is 60.8 Å². The van der Waals surface area contributed by atoms with Gasteiger partial charge in [0.2, 0.25) is 30.4 Å². The van der Waals surface area contributed by atoms with Gasteiger partial charge >= 0.3 is 65.2 Å². The van der Waals surface area contributed by atoms with E-state index in [1.165, 1.54) is 0 Å². The van der Waals surface area contributed by atoms with Crippen molar-refractivity contribution in [2.24, 2.45) is 0 Å². The van der Waals surface area contributed by atoms with E-state index in [1.807, 2.05) is 0 Å². The van der Waals surface area contributed by atoms with Crippen LogP contribution in [0, 0.1) is 0 Å². The Bertz CT molecular complexity index is 1420. The van der Waals surface area contributed by atoms with E-state index in [0.717, 1.165) is 27.7 Å². The third-order valence-electron chi connectivity index (χ3n) is 3.40. The average Bonchev–Trinajstić information content (AvgIpc) is 2.82. The number of aliphatic hydroxyl groups is 4. The fraction of sp³-hybridized carbons (Fsp3) is 0.500. The zero-order valence-electron chi connectivity index (χ0n) is 27.8. The van der Waals surface area contributed by atoms with Crippen molar-refractivity contribution in [1.82, 2.24) is 0 Å². The standard InChI is InChI=1S/4C4H10O7P2.3Ti/c4*1-3(2)11-13(9,10)4(5)12(6,7)8;;;/h4*4-5H,1H2,2H3,(H,9,10)(H2,6,7,8);;;/q;;;;3*+4/p-12. The molecule has 0 saturated carbocycles. The molecular weight excluding hydrogens is 1030 g/mol. The van der Waals surface area contributed by atoms with E-state index >= 15 is 0 Å². The quantitative estimate of drug-likeness (QED) is 0.0634. The number of aliphatic hydroxyl groups excluding tert-OH is 4. The van der Waals surface area contributed by atoms with Gasteiger partial charge in [-0.3, -0.25) is 18.3 Å². The van der Waals surface area contributed by atoms with Crippen molar-refractivity contribution in [3.8, 4) is 0 Å². The summed E-state index contributed by atoms with van der Waals surface area (Å²) >= 11 is 0. The van der Waals surface area contributed by atoms with Crippen LogP contribution >= 0.6 is 60.8 Å². The molecule has 0 aliphatic heterocycles. The smallest absolute Gasteiger partial charge is 0.809 e. The summed E-state index contributed by atoms with van der Waals surface area (Å²) in [4.78, 5) is 124. The van der Waals surface area contributed by atoms with Gasteiger partial charge in [-0.1, -0.05) is 26.3 Å². The van der Waals surface area contributed by atoms with Crippen LogP contribution in [0.4, 0.5) is 0 Å². The third kappa shape index (κ3) is 32.9. The number of allylic oxidation sites excluding steroid dienone is 4. The van der Waals surface area contributed by atoms with Crippen LogP contribution < -0.4 is 58.7 Å². The van der Waals surface area contributed by atoms with Crippen molar-refractivity contribution in [2.75, 3.05) is 0 Å². The van der Waals surface area contributed by atoms with E-state index in [2.05, 4.69) is 44.4 Å². The fourth-order valence-corrected chi connectivity index (χ4v) is 9.97. The Kier molecular flexibility index (Phi) is 35.4. The van der Waals surface area contributed by atoms with Crippen LogP contribution in [0.1, 0.15) is 27.7 Å². The van der Waals surface area contributed by atoms with Gasteiger partial charge in [-0.25, -0.2) is 0 Å². The number of rotatable bonds is 16. The molecule has 0 saturated heterocycles. The maximum absolute atomic E-state index is 10.7. The molecule has 0 bridgehead atoms. The van der Waals surface area contributed by atoms with E-state index in [0.29, 0.717) is 0 Å². The molecule has 0 amide bonds. The van der Waals surface area contributed by atoms with Crippen LogP contribution in [0.3, 0.4) is 0 Å². The molecule has 0 rings (SSSR count). The molecule has 0 aromatic carbocycles. The summed E-state index contributed by atoms with van der Waals surface area (Å²) in [6.07, 6.45) is 0. The van der Waals surface area contributed by atoms with Gasteiger partial charge < -0.3 is 116 Å². The predicted octanol–water partition coefficient (Wildman–Crippen LogP) is -6.89. The summed E-state index contributed by atoms with van der Waals surface area (Å²) in [7, 11) is -43.1. The minimum absolute atomic E-state index is 0. The van der Waals surface area contributed by atoms with E-state index < -0.39 is 83.1 Å². The summed E-state index contributed by atoms with van der Waals surface area (Å²) in [6.45, 7) is 16.5. The molecule has 4 N–H and O–H groups in total. The van der Waals surface area contributed by atoms with E-state index in [9.17, 15) is 95.2 Å². The van der Waals surface area contributed by atoms with Gasteiger partial charge in [0.15, 0.2) is 22.3 Å². The van der Waals surface area contributed by atoms with Crippen LogP contribution in [-0.4, -0.2) is 42.8 Å². The van der Waals surface area contributed by atoms with Crippen molar-refractivity contribution in [3.05, 3.63) is 49.4 Å². The van der Waals surface area contributed by atoms with E-state index in [4.69, 9.17) is 20.4 Å². The second-order valence-corrected chi connectivity index (χ2v) is 23.8. The number of hydrogen-bond donors (Lipinski definition) is 4. The molecule has 39 heteroatoms. The first-order chi connectivity index (χ1) is 22.3. The minimum atomic E-state index is -5.62. The van der Waals surface area contributed by atoms with E-state index in [-0.39, 0.29) is 88.2 Å². The SMILES string of the molecule is C=C(C)OP(=O)([O-])C(O)P(=O)([O-])[O-].C=C(C)OP(=O)([O-])C(O)P(=O)([O-])[O-].C=C(C)OP(=O)([O-])C(O)P(=O)([O-])[O-].C=C(C)OP(=O)([O-])C(O)P(=O)([O-])[O-].[Ti+4].[Ti+4].[Ti+4]. The van der Waals surface area contributed by atoms with Crippen molar-refractivity contribution in [1.29, 1.82) is 0 Å². The molecule has 0 aliphatic carbocycles. The summed E-state index contributed by atoms with van der Waals surface area (Å²) in [5, 5.41) is 34.1. The molecule has 0 aromatic heterocycles. The molecule has 0 radical (unpaired) electrons. The van der Waals surface area contributed by atoms with Gasteiger partial charge in [-0.05, 0) is 58.1 Å². The van der Waals surface area contributed by atoms with Gasteiger partial charge in [0.05, 0.1) is 23.0 Å². The van der Waals surface area contributed by atoms with Crippen LogP contribution in [0.5, 0.6) is 0 Å². The molecule has 0 fully saturated rings. The Labute approximate surface area is 356 Å². The first-order valence-electron chi connectivity index (χ1n) is 11.7. The Morgan fingerprint density at radius 1 is 0.364 bits per heavy atom. The summed E-state index contributed by atoms with van der Waals surface area (Å²) in [5.74, 6) is -1.37. The first-order valence-corrected chi connectivity index (χ1v) is 24.6. The third-order valence-corrected chi connectivity index (χ3v) is 17.0. The summed E-state index contributed by atoms with van der Waals surface area (Å²) in [5.41, 5.74) is -12.3. The van der Waals surface area contributed by atoms with Gasteiger partial charge in [-0.15, -0.1) is 0 Å². The Hall–Kier alpha value is 1.50. The molecule has 0 aromatic rings. The Balaban J connectivity index is -0.000000110. The van der Waals surface area contributed by atoms with Crippen molar-refractivity contribution < 1.29 is 199 Å². The molecule has 55 heavy (non-hydrogen) atoms. The van der Waals surface area contributed by atoms with Crippen molar-refractivity contribution in [2.45, 2.75) is 50.0 Å². The molecule has 0 heterocycles. The fourth-order valence-electron chi connectivity index (χ4n) is 1.75. The zero-order valence-corrected chi connectivity index (χ0v) is 39.6. The zero-order chi connectivity index (χ0) is 43.4. The normalized spacial score (nSPS) is 17.8. The molecule has 8 atom stereocenters. The van der Waals surface area contributed by atoms with E-state index in [1.54, 1.807) is 0 Å². The summed E-state index contributed by atoms with van der Waals surface area (Å²) < 4.78 is 98.9. The maximum Gasteiger partial charge on any atom is 4.00 e. The predicted molar refractivity (Wildman–Crippen MR) is 148 cm³/mol. The van der Waals surface area contributed by atoms with Gasteiger partial charge in [0.25, 0.3) is 0 Å². The number of hydrogen-bond acceptors (Lipinski definition) is 28. The minimum Gasteiger partial charge on any atom is -0.809 e. The van der Waals surface area contributed by atoms with Gasteiger partial charge in [0, 0.05) is 0 Å². The van der Waals surface area contributed by atoms with Crippen LogP contribution in [-0.2, 0) is 120 Å². The molecule has 0 spiro atoms. The average molecular weight is 1060 g/mol. The van der Waals surface area contributed by atoms with Gasteiger partial charge in [0.1, 0.15) is 0 Å². The topological polar surface area (TPSA) is 531 Å². The molecule has 0 aliphatic rings. The maximum atomic E-state index is 10.7. The Morgan fingerprint density at radius 3 is 0.509 bits per heavy atom. The molecule has 312 valence electrons. The second-order valence-electron chi connectivity index (χ2n) is 8.88. The monoisotopic (exact) mass is 1060 g/mol. The molecule has 8 unspecified atom stereocenters. The van der Waals surface area contributed by atoms with Crippen LogP contribution in [0.2, 0.25) is 0 Å². The first kappa shape index (κ1) is 71.0. The van der Waals surface area contributed by atoms with Crippen LogP contribution in [0.15, 0.2) is 49.4 Å². The Morgan fingerprint density at radius 2 is 0.455 bits per heavy atom. The summed E-state index contributed by atoms with van der Waals surface area (Å²) in [6, 6.07) is 0. The molecular formula is C16H28O28P8Ti3.